The van der Waals surface area contributed by atoms with Crippen molar-refractivity contribution >= 4 is 33.0 Å². The molecule has 0 aliphatic carbocycles. The summed E-state index contributed by atoms with van der Waals surface area (Å²) in [5.41, 5.74) is 14.0. The zero-order valence-electron chi connectivity index (χ0n) is 17.9. The van der Waals surface area contributed by atoms with Crippen molar-refractivity contribution in [3.8, 4) is 22.4 Å². The first-order valence-electron chi connectivity index (χ1n) is 10.5. The van der Waals surface area contributed by atoms with Crippen LogP contribution in [-0.2, 0) is 0 Å². The van der Waals surface area contributed by atoms with Crippen LogP contribution in [0.4, 0.5) is 5.69 Å². The fraction of sp³-hybridized carbons (Fsp3) is 0.0714. The van der Waals surface area contributed by atoms with Gasteiger partial charge in [-0.25, -0.2) is 4.98 Å². The van der Waals surface area contributed by atoms with Gasteiger partial charge in [-0.2, -0.15) is 0 Å². The number of nitrogen functional groups attached to an aromatic ring is 1. The van der Waals surface area contributed by atoms with Crippen molar-refractivity contribution < 1.29 is 4.79 Å². The lowest BCUT2D eigenvalue weighted by Crippen LogP contribution is -2.02. The molecule has 0 atom stereocenters. The number of ketones is 1. The maximum absolute atomic E-state index is 13.3. The molecule has 4 heteroatoms. The minimum atomic E-state index is -0.0682. The van der Waals surface area contributed by atoms with Crippen LogP contribution < -0.4 is 5.73 Å². The first kappa shape index (κ1) is 20.2. The maximum atomic E-state index is 13.3. The largest absolute Gasteiger partial charge is 0.397 e. The van der Waals surface area contributed by atoms with Crippen LogP contribution in [0.2, 0.25) is 0 Å². The number of rotatable bonds is 4. The number of hydrogen-bond donors (Lipinski definition) is 1. The van der Waals surface area contributed by atoms with Crippen molar-refractivity contribution in [1.29, 1.82) is 0 Å². The molecule has 5 rings (SSSR count). The Labute approximate surface area is 191 Å². The van der Waals surface area contributed by atoms with Crippen LogP contribution in [0.25, 0.3) is 32.6 Å². The average molecular weight is 435 g/mol. The second kappa shape index (κ2) is 8.06. The number of nitrogens with zero attached hydrogens (tertiary/aromatic N) is 1. The highest BCUT2D eigenvalue weighted by Crippen LogP contribution is 2.42. The molecule has 0 radical (unpaired) electrons. The molecule has 0 bridgehead atoms. The number of fused-ring (bicyclic) bond motifs is 1. The lowest BCUT2D eigenvalue weighted by Gasteiger charge is -2.09. The van der Waals surface area contributed by atoms with Gasteiger partial charge in [0.05, 0.1) is 11.4 Å². The third-order valence-electron chi connectivity index (χ3n) is 5.65. The standard InChI is InChI=1S/C28H22N2OS/c1-17-8-12-20(13-9-17)23-16-22(19-6-4-3-5-7-19)24-25(29)27(32-28(24)30-23)26(31)21-14-10-18(2)11-15-21/h3-16H,29H2,1-2H3. The Morgan fingerprint density at radius 3 is 2.09 bits per heavy atom. The fourth-order valence-corrected chi connectivity index (χ4v) is 4.93. The van der Waals surface area contributed by atoms with E-state index in [2.05, 4.69) is 49.4 Å². The van der Waals surface area contributed by atoms with E-state index in [0.717, 1.165) is 38.2 Å². The highest BCUT2D eigenvalue weighted by molar-refractivity contribution is 7.21. The van der Waals surface area contributed by atoms with Crippen LogP contribution in [0, 0.1) is 13.8 Å². The van der Waals surface area contributed by atoms with Gasteiger partial charge in [0.2, 0.25) is 5.78 Å². The monoisotopic (exact) mass is 434 g/mol. The quantitative estimate of drug-likeness (QED) is 0.308. The smallest absolute Gasteiger partial charge is 0.205 e. The summed E-state index contributed by atoms with van der Waals surface area (Å²) in [5, 5.41) is 0.840. The Morgan fingerprint density at radius 1 is 0.812 bits per heavy atom. The molecule has 2 heterocycles. The normalized spacial score (nSPS) is 11.1. The van der Waals surface area contributed by atoms with E-state index in [1.807, 2.05) is 49.4 Å². The topological polar surface area (TPSA) is 56.0 Å². The molecule has 0 spiro atoms. The Morgan fingerprint density at radius 2 is 1.44 bits per heavy atom. The Kier molecular flexibility index (Phi) is 5.08. The zero-order valence-corrected chi connectivity index (χ0v) is 18.7. The van der Waals surface area contributed by atoms with Crippen LogP contribution >= 0.6 is 11.3 Å². The number of pyridine rings is 1. The number of benzene rings is 3. The molecule has 0 saturated heterocycles. The fourth-order valence-electron chi connectivity index (χ4n) is 3.84. The number of nitrogens with two attached hydrogens (primary N) is 1. The van der Waals surface area contributed by atoms with E-state index in [4.69, 9.17) is 10.7 Å². The lowest BCUT2D eigenvalue weighted by molar-refractivity contribution is 0.104. The van der Waals surface area contributed by atoms with Crippen molar-refractivity contribution in [2.75, 3.05) is 5.73 Å². The van der Waals surface area contributed by atoms with Crippen molar-refractivity contribution in [1.82, 2.24) is 4.98 Å². The van der Waals surface area contributed by atoms with Gasteiger partial charge in [0.1, 0.15) is 9.71 Å². The van der Waals surface area contributed by atoms with Gasteiger partial charge in [-0.3, -0.25) is 4.79 Å². The zero-order chi connectivity index (χ0) is 22.2. The van der Waals surface area contributed by atoms with Gasteiger partial charge in [-0.05, 0) is 31.0 Å². The molecule has 0 saturated carbocycles. The van der Waals surface area contributed by atoms with E-state index >= 15 is 0 Å². The predicted molar refractivity (Wildman–Crippen MR) is 134 cm³/mol. The maximum Gasteiger partial charge on any atom is 0.205 e. The molecule has 0 unspecified atom stereocenters. The van der Waals surface area contributed by atoms with E-state index in [-0.39, 0.29) is 5.78 Å². The Balaban J connectivity index is 1.74. The average Bonchev–Trinajstić information content (AvgIpc) is 3.16. The van der Waals surface area contributed by atoms with E-state index < -0.39 is 0 Å². The number of aryl methyl sites for hydroxylation is 2. The van der Waals surface area contributed by atoms with Crippen LogP contribution in [0.3, 0.4) is 0 Å². The van der Waals surface area contributed by atoms with Gasteiger partial charge in [0, 0.05) is 16.5 Å². The second-order valence-corrected chi connectivity index (χ2v) is 9.01. The third kappa shape index (κ3) is 3.59. The van der Waals surface area contributed by atoms with E-state index in [0.29, 0.717) is 16.1 Å². The number of thiophene rings is 1. The number of hydrogen-bond acceptors (Lipinski definition) is 4. The summed E-state index contributed by atoms with van der Waals surface area (Å²) in [7, 11) is 0. The third-order valence-corrected chi connectivity index (χ3v) is 6.75. The first-order chi connectivity index (χ1) is 15.5. The van der Waals surface area contributed by atoms with Gasteiger partial charge in [-0.15, -0.1) is 11.3 Å². The number of aromatic nitrogens is 1. The SMILES string of the molecule is Cc1ccc(C(=O)c2sc3nc(-c4ccc(C)cc4)cc(-c4ccccc4)c3c2N)cc1. The van der Waals surface area contributed by atoms with Crippen molar-refractivity contribution in [2.45, 2.75) is 13.8 Å². The molecule has 156 valence electrons. The van der Waals surface area contributed by atoms with Gasteiger partial charge in [-0.1, -0.05) is 90.0 Å². The summed E-state index contributed by atoms with van der Waals surface area (Å²) in [6.07, 6.45) is 0. The lowest BCUT2D eigenvalue weighted by atomic mass is 9.98. The summed E-state index contributed by atoms with van der Waals surface area (Å²) in [6, 6.07) is 28.1. The minimum absolute atomic E-state index is 0.0682. The molecule has 3 nitrogen and oxygen atoms in total. The molecule has 3 aromatic carbocycles. The highest BCUT2D eigenvalue weighted by Gasteiger charge is 2.22. The number of carbonyl (C=O) groups excluding carboxylic acids is 1. The Hall–Kier alpha value is -3.76. The van der Waals surface area contributed by atoms with Crippen LogP contribution in [0.5, 0.6) is 0 Å². The summed E-state index contributed by atoms with van der Waals surface area (Å²) in [4.78, 5) is 19.5. The van der Waals surface area contributed by atoms with Crippen LogP contribution in [-0.4, -0.2) is 10.8 Å². The molecule has 0 amide bonds. The van der Waals surface area contributed by atoms with Crippen molar-refractivity contribution in [3.63, 3.8) is 0 Å². The summed E-state index contributed by atoms with van der Waals surface area (Å²) in [6.45, 7) is 4.07. The molecule has 2 aromatic heterocycles. The van der Waals surface area contributed by atoms with Crippen LogP contribution in [0.1, 0.15) is 26.4 Å². The van der Waals surface area contributed by atoms with Gasteiger partial charge < -0.3 is 5.73 Å². The number of anilines is 1. The summed E-state index contributed by atoms with van der Waals surface area (Å²) >= 11 is 1.37. The van der Waals surface area contributed by atoms with E-state index in [1.165, 1.54) is 16.9 Å². The van der Waals surface area contributed by atoms with Crippen molar-refractivity contribution in [3.05, 3.63) is 106 Å². The molecule has 32 heavy (non-hydrogen) atoms. The molecule has 2 N–H and O–H groups in total. The van der Waals surface area contributed by atoms with E-state index in [1.54, 1.807) is 0 Å². The van der Waals surface area contributed by atoms with Crippen LogP contribution in [0.15, 0.2) is 84.9 Å². The second-order valence-electron chi connectivity index (χ2n) is 8.01. The minimum Gasteiger partial charge on any atom is -0.397 e. The molecule has 0 aliphatic heterocycles. The summed E-state index contributed by atoms with van der Waals surface area (Å²) in [5.74, 6) is -0.0682. The molecular formula is C28H22N2OS. The number of carbonyl (C=O) groups is 1. The molecule has 0 fully saturated rings. The summed E-state index contributed by atoms with van der Waals surface area (Å²) < 4.78 is 0. The molecule has 5 aromatic rings. The first-order valence-corrected chi connectivity index (χ1v) is 11.3. The van der Waals surface area contributed by atoms with Gasteiger partial charge >= 0.3 is 0 Å². The molecule has 0 aliphatic rings. The highest BCUT2D eigenvalue weighted by atomic mass is 32.1. The van der Waals surface area contributed by atoms with E-state index in [9.17, 15) is 4.79 Å². The van der Waals surface area contributed by atoms with Crippen molar-refractivity contribution in [2.24, 2.45) is 0 Å². The Bertz CT molecular complexity index is 1430. The molecular weight excluding hydrogens is 412 g/mol. The van der Waals surface area contributed by atoms with Gasteiger partial charge in [0.15, 0.2) is 0 Å². The predicted octanol–water partition coefficient (Wildman–Crippen LogP) is 7.06. The van der Waals surface area contributed by atoms with Gasteiger partial charge in [0.25, 0.3) is 0 Å².